The maximum absolute atomic E-state index is 13.2. The van der Waals surface area contributed by atoms with Crippen molar-refractivity contribution in [2.45, 2.75) is 58.0 Å². The van der Waals surface area contributed by atoms with Gasteiger partial charge >= 0.3 is 0 Å². The van der Waals surface area contributed by atoms with Crippen molar-refractivity contribution in [1.29, 1.82) is 0 Å². The van der Waals surface area contributed by atoms with Gasteiger partial charge in [-0.05, 0) is 57.0 Å². The summed E-state index contributed by atoms with van der Waals surface area (Å²) in [5.41, 5.74) is 3.00. The minimum atomic E-state index is -0.0780. The van der Waals surface area contributed by atoms with Crippen LogP contribution in [0.1, 0.15) is 60.0 Å². The van der Waals surface area contributed by atoms with E-state index in [2.05, 4.69) is 27.5 Å². The van der Waals surface area contributed by atoms with Gasteiger partial charge in [-0.15, -0.1) is 11.3 Å². The van der Waals surface area contributed by atoms with E-state index in [-0.39, 0.29) is 17.5 Å². The maximum Gasteiger partial charge on any atom is 0.276 e. The lowest BCUT2D eigenvalue weighted by Gasteiger charge is -2.22. The summed E-state index contributed by atoms with van der Waals surface area (Å²) in [6.45, 7) is 5.56. The summed E-state index contributed by atoms with van der Waals surface area (Å²) in [6, 6.07) is 6.56. The van der Waals surface area contributed by atoms with Crippen LogP contribution in [0.4, 0.5) is 0 Å². The summed E-state index contributed by atoms with van der Waals surface area (Å²) in [6.07, 6.45) is 5.19. The Kier molecular flexibility index (Phi) is 5.67. The van der Waals surface area contributed by atoms with E-state index in [4.69, 9.17) is 4.98 Å². The molecule has 0 radical (unpaired) electrons. The summed E-state index contributed by atoms with van der Waals surface area (Å²) < 4.78 is 1.57. The molecule has 164 valence electrons. The Hall–Kier alpha value is -2.45. The number of aromatic amines is 1. The molecule has 7 nitrogen and oxygen atoms in total. The lowest BCUT2D eigenvalue weighted by Crippen LogP contribution is -2.29. The number of carbonyl (C=O) groups is 1. The van der Waals surface area contributed by atoms with Crippen LogP contribution in [0.25, 0.3) is 5.65 Å². The third-order valence-corrected chi connectivity index (χ3v) is 7.51. The van der Waals surface area contributed by atoms with Gasteiger partial charge in [0.25, 0.3) is 5.56 Å². The normalized spacial score (nSPS) is 19.6. The minimum absolute atomic E-state index is 0.0780. The fraction of sp³-hybridized carbons (Fsp3) is 0.522. The number of fused-ring (bicyclic) bond motifs is 1. The monoisotopic (exact) mass is 439 g/mol. The molecule has 0 bridgehead atoms. The average molecular weight is 440 g/mol. The highest BCUT2D eigenvalue weighted by molar-refractivity contribution is 7.09. The zero-order chi connectivity index (χ0) is 21.4. The fourth-order valence-electron chi connectivity index (χ4n) is 4.97. The van der Waals surface area contributed by atoms with Gasteiger partial charge in [-0.1, -0.05) is 6.07 Å². The molecule has 5 heterocycles. The van der Waals surface area contributed by atoms with Gasteiger partial charge in [-0.25, -0.2) is 9.50 Å². The molecule has 1 unspecified atom stereocenters. The molecule has 0 saturated carbocycles. The largest absolute Gasteiger partial charge is 0.343 e. The lowest BCUT2D eigenvalue weighted by atomic mass is 10.1. The first-order chi connectivity index (χ1) is 15.1. The number of likely N-dealkylation sites (tertiary alicyclic amines) is 2. The molecule has 2 fully saturated rings. The van der Waals surface area contributed by atoms with E-state index in [0.717, 1.165) is 63.3 Å². The number of nitrogens with one attached hydrogen (secondary N) is 1. The van der Waals surface area contributed by atoms with Gasteiger partial charge < -0.3 is 4.90 Å². The second-order valence-corrected chi connectivity index (χ2v) is 9.71. The Labute approximate surface area is 185 Å². The maximum atomic E-state index is 13.2. The molecule has 1 atom stereocenters. The number of amides is 1. The van der Waals surface area contributed by atoms with Gasteiger partial charge in [-0.3, -0.25) is 19.6 Å². The van der Waals surface area contributed by atoms with Crippen LogP contribution in [0.15, 0.2) is 28.4 Å². The Morgan fingerprint density at radius 3 is 2.87 bits per heavy atom. The van der Waals surface area contributed by atoms with Gasteiger partial charge in [0, 0.05) is 48.3 Å². The van der Waals surface area contributed by atoms with E-state index in [9.17, 15) is 9.59 Å². The summed E-state index contributed by atoms with van der Waals surface area (Å²) in [4.78, 5) is 36.1. The number of thiophene rings is 1. The van der Waals surface area contributed by atoms with Crippen molar-refractivity contribution in [2.24, 2.45) is 0 Å². The summed E-state index contributed by atoms with van der Waals surface area (Å²) in [5, 5.41) is 5.45. The van der Waals surface area contributed by atoms with Crippen LogP contribution >= 0.6 is 11.3 Å². The predicted molar refractivity (Wildman–Crippen MR) is 121 cm³/mol. The van der Waals surface area contributed by atoms with Crippen molar-refractivity contribution in [3.63, 3.8) is 0 Å². The second-order valence-electron chi connectivity index (χ2n) is 8.68. The van der Waals surface area contributed by atoms with Crippen LogP contribution in [0.3, 0.4) is 0 Å². The number of hydrogen-bond donors (Lipinski definition) is 1. The average Bonchev–Trinajstić information content (AvgIpc) is 3.54. The quantitative estimate of drug-likeness (QED) is 0.640. The van der Waals surface area contributed by atoms with Crippen molar-refractivity contribution in [1.82, 2.24) is 24.4 Å². The number of hydrogen-bond acceptors (Lipinski definition) is 5. The van der Waals surface area contributed by atoms with Gasteiger partial charge in [0.15, 0.2) is 5.65 Å². The van der Waals surface area contributed by atoms with Crippen molar-refractivity contribution in [3.8, 4) is 0 Å². The molecule has 2 saturated heterocycles. The minimum Gasteiger partial charge on any atom is -0.343 e. The molecule has 0 aliphatic carbocycles. The molecule has 8 heteroatoms. The third kappa shape index (κ3) is 4.06. The number of carbonyl (C=O) groups excluding carboxylic acids is 1. The molecule has 3 aromatic heterocycles. The Morgan fingerprint density at radius 2 is 2.10 bits per heavy atom. The highest BCUT2D eigenvalue weighted by Gasteiger charge is 2.28. The van der Waals surface area contributed by atoms with Crippen LogP contribution in [-0.2, 0) is 17.8 Å². The van der Waals surface area contributed by atoms with E-state index < -0.39 is 0 Å². The van der Waals surface area contributed by atoms with E-state index in [0.29, 0.717) is 24.1 Å². The zero-order valence-corrected chi connectivity index (χ0v) is 18.8. The molecule has 0 spiro atoms. The summed E-state index contributed by atoms with van der Waals surface area (Å²) >= 11 is 1.78. The number of H-pyrrole nitrogens is 1. The molecule has 2 aliphatic heterocycles. The van der Waals surface area contributed by atoms with Crippen molar-refractivity contribution < 1.29 is 4.79 Å². The Morgan fingerprint density at radius 1 is 1.26 bits per heavy atom. The van der Waals surface area contributed by atoms with Crippen molar-refractivity contribution in [3.05, 3.63) is 55.8 Å². The molecule has 0 aromatic carbocycles. The van der Waals surface area contributed by atoms with Crippen LogP contribution < -0.4 is 5.56 Å². The molecule has 31 heavy (non-hydrogen) atoms. The molecule has 1 amide bonds. The lowest BCUT2D eigenvalue weighted by molar-refractivity contribution is -0.130. The molecular weight excluding hydrogens is 410 g/mol. The summed E-state index contributed by atoms with van der Waals surface area (Å²) in [5.74, 6) is 0.142. The molecule has 3 aromatic rings. The SMILES string of the molecule is Cc1nc2cc(C3CCCN3Cc3cccs3)[nH]n2c(=O)c1CCC(=O)N1CCCC1. The van der Waals surface area contributed by atoms with E-state index in [1.54, 1.807) is 15.9 Å². The highest BCUT2D eigenvalue weighted by atomic mass is 32.1. The van der Waals surface area contributed by atoms with E-state index in [1.165, 1.54) is 4.88 Å². The van der Waals surface area contributed by atoms with Crippen molar-refractivity contribution >= 4 is 22.9 Å². The predicted octanol–water partition coefficient (Wildman–Crippen LogP) is 3.28. The smallest absolute Gasteiger partial charge is 0.276 e. The van der Waals surface area contributed by atoms with E-state index in [1.807, 2.05) is 17.9 Å². The van der Waals surface area contributed by atoms with Crippen LogP contribution in [-0.4, -0.2) is 49.9 Å². The molecule has 1 N–H and O–H groups in total. The fourth-order valence-corrected chi connectivity index (χ4v) is 5.70. The first-order valence-electron chi connectivity index (χ1n) is 11.3. The summed E-state index contributed by atoms with van der Waals surface area (Å²) in [7, 11) is 0. The van der Waals surface area contributed by atoms with Gasteiger partial charge in [0.05, 0.1) is 11.7 Å². The first kappa shape index (κ1) is 20.5. The first-order valence-corrected chi connectivity index (χ1v) is 12.1. The number of aromatic nitrogens is 3. The second kappa shape index (κ2) is 8.59. The zero-order valence-electron chi connectivity index (χ0n) is 18.0. The highest BCUT2D eigenvalue weighted by Crippen LogP contribution is 2.33. The molecular formula is C23H29N5O2S. The number of rotatable bonds is 6. The topological polar surface area (TPSA) is 73.7 Å². The third-order valence-electron chi connectivity index (χ3n) is 6.64. The number of nitrogens with zero attached hydrogens (tertiary/aromatic N) is 4. The van der Waals surface area contributed by atoms with Crippen LogP contribution in [0, 0.1) is 6.92 Å². The standard InChI is InChI=1S/C23H29N5O2S/c1-16-18(8-9-22(29)26-10-2-3-11-26)23(30)28-21(24-16)14-19(25-28)20-7-4-12-27(20)15-17-6-5-13-31-17/h5-6,13-14,20,25H,2-4,7-12,15H2,1H3. The molecule has 5 rings (SSSR count). The van der Waals surface area contributed by atoms with Crippen LogP contribution in [0.5, 0.6) is 0 Å². The van der Waals surface area contributed by atoms with E-state index >= 15 is 0 Å². The Bertz CT molecular complexity index is 1130. The number of aryl methyl sites for hydroxylation is 1. The van der Waals surface area contributed by atoms with Gasteiger partial charge in [-0.2, -0.15) is 0 Å². The van der Waals surface area contributed by atoms with Gasteiger partial charge in [0.1, 0.15) is 0 Å². The van der Waals surface area contributed by atoms with Gasteiger partial charge in [0.2, 0.25) is 5.91 Å². The Balaban J connectivity index is 1.37. The molecule has 2 aliphatic rings. The van der Waals surface area contributed by atoms with Crippen molar-refractivity contribution in [2.75, 3.05) is 19.6 Å². The van der Waals surface area contributed by atoms with Crippen LogP contribution in [0.2, 0.25) is 0 Å².